The summed E-state index contributed by atoms with van der Waals surface area (Å²) in [5.74, 6) is -0.122. The van der Waals surface area contributed by atoms with E-state index < -0.39 is 0 Å². The Bertz CT molecular complexity index is 349. The number of anilines is 1. The minimum Gasteiger partial charge on any atom is -0.379 e. The molecule has 2 rings (SSSR count). The Balaban J connectivity index is 2.20. The number of amides is 1. The van der Waals surface area contributed by atoms with Crippen LogP contribution >= 0.6 is 0 Å². The van der Waals surface area contributed by atoms with E-state index in [1.807, 2.05) is 6.92 Å². The molecule has 1 saturated heterocycles. The van der Waals surface area contributed by atoms with E-state index in [0.29, 0.717) is 0 Å². The highest BCUT2D eigenvalue weighted by Crippen LogP contribution is 2.20. The number of nitrogens with zero attached hydrogens (tertiary/aromatic N) is 3. The number of rotatable bonds is 1. The summed E-state index contributed by atoms with van der Waals surface area (Å²) in [7, 11) is 0. The van der Waals surface area contributed by atoms with E-state index >= 15 is 0 Å². The fourth-order valence-electron chi connectivity index (χ4n) is 1.71. The van der Waals surface area contributed by atoms with Crippen LogP contribution in [0.2, 0.25) is 0 Å². The summed E-state index contributed by atoms with van der Waals surface area (Å²) in [5.41, 5.74) is 5.56. The molecular weight excluding hydrogens is 184 g/mol. The molecule has 0 radical (unpaired) electrons. The first kappa shape index (κ1) is 8.98. The van der Waals surface area contributed by atoms with Crippen molar-refractivity contribution in [2.75, 3.05) is 12.3 Å². The van der Waals surface area contributed by atoms with Crippen LogP contribution in [0, 0.1) is 0 Å². The highest BCUT2D eigenvalue weighted by molar-refractivity contribution is 5.96. The summed E-state index contributed by atoms with van der Waals surface area (Å²) in [5, 5.41) is 6.87. The Hall–Kier alpha value is -1.59. The SMILES string of the molecule is CC1CCCN1C(=O)c1nonc1N. The second kappa shape index (κ2) is 3.28. The number of aromatic nitrogens is 2. The number of likely N-dealkylation sites (tertiary alicyclic amines) is 1. The monoisotopic (exact) mass is 196 g/mol. The van der Waals surface area contributed by atoms with E-state index in [4.69, 9.17) is 5.73 Å². The van der Waals surface area contributed by atoms with Gasteiger partial charge >= 0.3 is 0 Å². The first-order chi connectivity index (χ1) is 6.70. The zero-order chi connectivity index (χ0) is 10.1. The van der Waals surface area contributed by atoms with Crippen LogP contribution in [0.4, 0.5) is 5.82 Å². The van der Waals surface area contributed by atoms with Crippen molar-refractivity contribution in [3.8, 4) is 0 Å². The van der Waals surface area contributed by atoms with Crippen LogP contribution in [-0.4, -0.2) is 33.7 Å². The van der Waals surface area contributed by atoms with Crippen molar-refractivity contribution in [1.82, 2.24) is 15.2 Å². The predicted octanol–water partition coefficient (Wildman–Crippen LogP) is 0.276. The Labute approximate surface area is 81.0 Å². The van der Waals surface area contributed by atoms with Crippen molar-refractivity contribution in [3.63, 3.8) is 0 Å². The highest BCUT2D eigenvalue weighted by atomic mass is 16.6. The maximum atomic E-state index is 11.8. The first-order valence-electron chi connectivity index (χ1n) is 4.59. The lowest BCUT2D eigenvalue weighted by atomic mass is 10.2. The molecule has 0 saturated carbocycles. The van der Waals surface area contributed by atoms with Gasteiger partial charge in [-0.3, -0.25) is 4.79 Å². The first-order valence-corrected chi connectivity index (χ1v) is 4.59. The lowest BCUT2D eigenvalue weighted by Gasteiger charge is -2.19. The molecule has 76 valence electrons. The molecule has 1 aliphatic heterocycles. The number of nitrogen functional groups attached to an aromatic ring is 1. The number of hydrogen-bond acceptors (Lipinski definition) is 5. The maximum absolute atomic E-state index is 11.8. The molecule has 6 heteroatoms. The molecule has 1 fully saturated rings. The van der Waals surface area contributed by atoms with Gasteiger partial charge in [0.2, 0.25) is 11.5 Å². The average Bonchev–Trinajstić information content (AvgIpc) is 2.73. The molecule has 1 unspecified atom stereocenters. The lowest BCUT2D eigenvalue weighted by molar-refractivity contribution is 0.0737. The van der Waals surface area contributed by atoms with Crippen molar-refractivity contribution in [2.24, 2.45) is 0 Å². The summed E-state index contributed by atoms with van der Waals surface area (Å²) in [6, 6.07) is 0.249. The Morgan fingerprint density at radius 1 is 1.64 bits per heavy atom. The van der Waals surface area contributed by atoms with Gasteiger partial charge in [-0.15, -0.1) is 0 Å². The summed E-state index contributed by atoms with van der Waals surface area (Å²) in [6.45, 7) is 2.76. The second-order valence-electron chi connectivity index (χ2n) is 3.49. The van der Waals surface area contributed by atoms with Crippen molar-refractivity contribution in [3.05, 3.63) is 5.69 Å². The highest BCUT2D eigenvalue weighted by Gasteiger charge is 2.29. The largest absolute Gasteiger partial charge is 0.379 e. The second-order valence-corrected chi connectivity index (χ2v) is 3.49. The van der Waals surface area contributed by atoms with E-state index in [0.717, 1.165) is 19.4 Å². The molecule has 1 aliphatic rings. The molecule has 2 heterocycles. The van der Waals surface area contributed by atoms with Gasteiger partial charge < -0.3 is 10.6 Å². The fourth-order valence-corrected chi connectivity index (χ4v) is 1.71. The lowest BCUT2D eigenvalue weighted by Crippen LogP contribution is -2.34. The molecule has 14 heavy (non-hydrogen) atoms. The van der Waals surface area contributed by atoms with E-state index in [1.165, 1.54) is 0 Å². The van der Waals surface area contributed by atoms with Crippen molar-refractivity contribution in [1.29, 1.82) is 0 Å². The van der Waals surface area contributed by atoms with Gasteiger partial charge in [0.1, 0.15) is 0 Å². The molecule has 2 N–H and O–H groups in total. The topological polar surface area (TPSA) is 85.2 Å². The average molecular weight is 196 g/mol. The molecule has 0 bridgehead atoms. The molecule has 0 aliphatic carbocycles. The van der Waals surface area contributed by atoms with Gasteiger partial charge in [-0.25, -0.2) is 4.63 Å². The minimum atomic E-state index is -0.186. The van der Waals surface area contributed by atoms with Crippen LogP contribution in [0.1, 0.15) is 30.3 Å². The van der Waals surface area contributed by atoms with E-state index in [9.17, 15) is 4.79 Å². The van der Waals surface area contributed by atoms with Gasteiger partial charge in [-0.05, 0) is 30.1 Å². The molecule has 1 atom stereocenters. The normalized spacial score (nSPS) is 21.5. The molecule has 1 aromatic rings. The molecular formula is C8H12N4O2. The van der Waals surface area contributed by atoms with Crippen LogP contribution in [0.15, 0.2) is 4.63 Å². The van der Waals surface area contributed by atoms with Crippen LogP contribution in [-0.2, 0) is 0 Å². The quantitative estimate of drug-likeness (QED) is 0.697. The number of hydrogen-bond donors (Lipinski definition) is 1. The van der Waals surface area contributed by atoms with Crippen LogP contribution < -0.4 is 5.73 Å². The molecule has 1 aromatic heterocycles. The van der Waals surface area contributed by atoms with Gasteiger partial charge in [-0.2, -0.15) is 0 Å². The standard InChI is InChI=1S/C8H12N4O2/c1-5-3-2-4-12(5)8(13)6-7(9)11-14-10-6/h5H,2-4H2,1H3,(H2,9,11). The van der Waals surface area contributed by atoms with Crippen LogP contribution in [0.3, 0.4) is 0 Å². The fraction of sp³-hybridized carbons (Fsp3) is 0.625. The summed E-state index contributed by atoms with van der Waals surface area (Å²) in [4.78, 5) is 13.6. The van der Waals surface area contributed by atoms with Crippen molar-refractivity contribution in [2.45, 2.75) is 25.8 Å². The van der Waals surface area contributed by atoms with Crippen LogP contribution in [0.25, 0.3) is 0 Å². The maximum Gasteiger partial charge on any atom is 0.280 e. The Morgan fingerprint density at radius 2 is 2.43 bits per heavy atom. The van der Waals surface area contributed by atoms with E-state index in [2.05, 4.69) is 14.9 Å². The van der Waals surface area contributed by atoms with Crippen LogP contribution in [0.5, 0.6) is 0 Å². The van der Waals surface area contributed by atoms with Crippen molar-refractivity contribution >= 4 is 11.7 Å². The summed E-state index contributed by atoms with van der Waals surface area (Å²) >= 11 is 0. The zero-order valence-corrected chi connectivity index (χ0v) is 7.93. The summed E-state index contributed by atoms with van der Waals surface area (Å²) in [6.07, 6.45) is 2.05. The van der Waals surface area contributed by atoms with Gasteiger partial charge in [0, 0.05) is 12.6 Å². The van der Waals surface area contributed by atoms with E-state index in [1.54, 1.807) is 4.90 Å². The molecule has 6 nitrogen and oxygen atoms in total. The van der Waals surface area contributed by atoms with Gasteiger partial charge in [0.25, 0.3) is 5.91 Å². The summed E-state index contributed by atoms with van der Waals surface area (Å²) < 4.78 is 4.39. The molecule has 0 aromatic carbocycles. The Morgan fingerprint density at radius 3 is 2.93 bits per heavy atom. The molecule has 0 spiro atoms. The van der Waals surface area contributed by atoms with E-state index in [-0.39, 0.29) is 23.5 Å². The number of carbonyl (C=O) groups excluding carboxylic acids is 1. The third-order valence-electron chi connectivity index (χ3n) is 2.53. The van der Waals surface area contributed by atoms with Crippen molar-refractivity contribution < 1.29 is 9.42 Å². The Kier molecular flexibility index (Phi) is 2.11. The third-order valence-corrected chi connectivity index (χ3v) is 2.53. The number of carbonyl (C=O) groups is 1. The smallest absolute Gasteiger partial charge is 0.280 e. The van der Waals surface area contributed by atoms with Gasteiger partial charge in [-0.1, -0.05) is 0 Å². The predicted molar refractivity (Wildman–Crippen MR) is 48.4 cm³/mol. The third kappa shape index (κ3) is 1.32. The minimum absolute atomic E-state index is 0.0640. The zero-order valence-electron chi connectivity index (χ0n) is 7.93. The molecule has 1 amide bonds. The van der Waals surface area contributed by atoms with Gasteiger partial charge in [0.15, 0.2) is 0 Å². The number of nitrogens with two attached hydrogens (primary N) is 1. The van der Waals surface area contributed by atoms with Gasteiger partial charge in [0.05, 0.1) is 0 Å².